The molecule has 2 aromatic rings. The number of nitrogens with one attached hydrogen (secondary N) is 1. The summed E-state index contributed by atoms with van der Waals surface area (Å²) >= 11 is 0. The van der Waals surface area contributed by atoms with Crippen LogP contribution in [0.1, 0.15) is 30.0 Å². The van der Waals surface area contributed by atoms with Gasteiger partial charge in [-0.1, -0.05) is 5.16 Å². The molecule has 0 aliphatic rings. The van der Waals surface area contributed by atoms with Crippen molar-refractivity contribution >= 4 is 11.6 Å². The normalized spacial score (nSPS) is 10.3. The molecule has 0 bridgehead atoms. The van der Waals surface area contributed by atoms with Gasteiger partial charge in [0, 0.05) is 31.0 Å². The van der Waals surface area contributed by atoms with Gasteiger partial charge in [0.2, 0.25) is 0 Å². The lowest BCUT2D eigenvalue weighted by Gasteiger charge is -2.18. The molecule has 0 aliphatic heterocycles. The van der Waals surface area contributed by atoms with E-state index in [0.29, 0.717) is 25.3 Å². The fraction of sp³-hybridized carbons (Fsp3) is 0.357. The minimum atomic E-state index is -0.0555. The average Bonchev–Trinajstić information content (AvgIpc) is 3.00. The Morgan fingerprint density at radius 2 is 2.15 bits per heavy atom. The van der Waals surface area contributed by atoms with Crippen molar-refractivity contribution in [1.82, 2.24) is 15.0 Å². The van der Waals surface area contributed by atoms with Gasteiger partial charge < -0.3 is 14.7 Å². The molecule has 6 nitrogen and oxygen atoms in total. The first-order chi connectivity index (χ1) is 9.74. The van der Waals surface area contributed by atoms with Gasteiger partial charge in [0.25, 0.3) is 5.91 Å². The lowest BCUT2D eigenvalue weighted by atomic mass is 10.2. The van der Waals surface area contributed by atoms with Crippen LogP contribution in [0.5, 0.6) is 0 Å². The van der Waals surface area contributed by atoms with Crippen LogP contribution < -0.4 is 5.32 Å². The molecular weight excluding hydrogens is 256 g/mol. The molecule has 0 spiro atoms. The van der Waals surface area contributed by atoms with Crippen LogP contribution in [-0.4, -0.2) is 34.0 Å². The molecule has 0 unspecified atom stereocenters. The molecule has 1 N–H and O–H groups in total. The molecular formula is C14H18N4O2. The molecule has 6 heteroatoms. The van der Waals surface area contributed by atoms with Crippen LogP contribution in [0, 0.1) is 0 Å². The van der Waals surface area contributed by atoms with E-state index in [1.807, 2.05) is 19.9 Å². The van der Waals surface area contributed by atoms with E-state index >= 15 is 0 Å². The highest BCUT2D eigenvalue weighted by molar-refractivity contribution is 5.93. The largest absolute Gasteiger partial charge is 0.379 e. The SMILES string of the molecule is CCN(CC)C(=O)c1cc(NCc2ccon2)ccn1. The summed E-state index contributed by atoms with van der Waals surface area (Å²) in [5, 5.41) is 7.00. The lowest BCUT2D eigenvalue weighted by Crippen LogP contribution is -2.31. The summed E-state index contributed by atoms with van der Waals surface area (Å²) in [6, 6.07) is 5.36. The first-order valence-electron chi connectivity index (χ1n) is 6.63. The number of aromatic nitrogens is 2. The van der Waals surface area contributed by atoms with Crippen molar-refractivity contribution in [1.29, 1.82) is 0 Å². The van der Waals surface area contributed by atoms with Gasteiger partial charge in [-0.3, -0.25) is 9.78 Å². The maximum absolute atomic E-state index is 12.2. The molecule has 106 valence electrons. The molecule has 0 radical (unpaired) electrons. The van der Waals surface area contributed by atoms with E-state index in [1.165, 1.54) is 6.26 Å². The molecule has 1 amide bonds. The third-order valence-electron chi connectivity index (χ3n) is 2.99. The fourth-order valence-corrected chi connectivity index (χ4v) is 1.85. The van der Waals surface area contributed by atoms with Gasteiger partial charge in [0.1, 0.15) is 17.7 Å². The Bertz CT molecular complexity index is 550. The second kappa shape index (κ2) is 6.70. The van der Waals surface area contributed by atoms with E-state index in [2.05, 4.69) is 15.5 Å². The van der Waals surface area contributed by atoms with E-state index in [4.69, 9.17) is 4.52 Å². The maximum Gasteiger partial charge on any atom is 0.272 e. The number of carbonyl (C=O) groups is 1. The highest BCUT2D eigenvalue weighted by Gasteiger charge is 2.14. The zero-order valence-electron chi connectivity index (χ0n) is 11.7. The highest BCUT2D eigenvalue weighted by Crippen LogP contribution is 2.11. The quantitative estimate of drug-likeness (QED) is 0.874. The maximum atomic E-state index is 12.2. The van der Waals surface area contributed by atoms with E-state index in [9.17, 15) is 4.79 Å². The van der Waals surface area contributed by atoms with E-state index in [0.717, 1.165) is 11.4 Å². The summed E-state index contributed by atoms with van der Waals surface area (Å²) in [4.78, 5) is 18.1. The van der Waals surface area contributed by atoms with Crippen molar-refractivity contribution in [3.63, 3.8) is 0 Å². The Hall–Kier alpha value is -2.37. The van der Waals surface area contributed by atoms with Crippen LogP contribution >= 0.6 is 0 Å². The standard InChI is InChI=1S/C14H18N4O2/c1-3-18(4-2)14(19)13-9-11(5-7-15-13)16-10-12-6-8-20-17-12/h5-9H,3-4,10H2,1-2H3,(H,15,16). The van der Waals surface area contributed by atoms with Crippen LogP contribution in [0.3, 0.4) is 0 Å². The van der Waals surface area contributed by atoms with Gasteiger partial charge in [-0.25, -0.2) is 0 Å². The van der Waals surface area contributed by atoms with Crippen molar-refractivity contribution in [2.45, 2.75) is 20.4 Å². The summed E-state index contributed by atoms with van der Waals surface area (Å²) in [5.41, 5.74) is 2.08. The van der Waals surface area contributed by atoms with Crippen molar-refractivity contribution in [2.75, 3.05) is 18.4 Å². The lowest BCUT2D eigenvalue weighted by molar-refractivity contribution is 0.0767. The first kappa shape index (κ1) is 14.0. The van der Waals surface area contributed by atoms with Crippen LogP contribution in [0.25, 0.3) is 0 Å². The molecule has 0 saturated heterocycles. The zero-order chi connectivity index (χ0) is 14.4. The van der Waals surface area contributed by atoms with E-state index < -0.39 is 0 Å². The highest BCUT2D eigenvalue weighted by atomic mass is 16.5. The molecule has 2 rings (SSSR count). The number of anilines is 1. The van der Waals surface area contributed by atoms with Crippen molar-refractivity contribution in [2.24, 2.45) is 0 Å². The van der Waals surface area contributed by atoms with Crippen LogP contribution in [0.15, 0.2) is 35.2 Å². The van der Waals surface area contributed by atoms with E-state index in [-0.39, 0.29) is 5.91 Å². The summed E-state index contributed by atoms with van der Waals surface area (Å²) in [5.74, 6) is -0.0555. The summed E-state index contributed by atoms with van der Waals surface area (Å²) in [7, 11) is 0. The zero-order valence-corrected chi connectivity index (χ0v) is 11.7. The number of rotatable bonds is 6. The molecule has 20 heavy (non-hydrogen) atoms. The molecule has 0 aliphatic carbocycles. The Morgan fingerprint density at radius 3 is 2.80 bits per heavy atom. The topological polar surface area (TPSA) is 71.3 Å². The molecule has 0 fully saturated rings. The molecule has 0 aromatic carbocycles. The summed E-state index contributed by atoms with van der Waals surface area (Å²) in [6.45, 7) is 5.79. The average molecular weight is 274 g/mol. The molecule has 2 heterocycles. The smallest absolute Gasteiger partial charge is 0.272 e. The Kier molecular flexibility index (Phi) is 4.70. The summed E-state index contributed by atoms with van der Waals surface area (Å²) < 4.78 is 4.76. The Labute approximate surface area is 117 Å². The van der Waals surface area contributed by atoms with Gasteiger partial charge in [0.15, 0.2) is 0 Å². The second-order valence-electron chi connectivity index (χ2n) is 4.25. The number of carbonyl (C=O) groups excluding carboxylic acids is 1. The van der Waals surface area contributed by atoms with Crippen LogP contribution in [-0.2, 0) is 6.54 Å². The van der Waals surface area contributed by atoms with E-state index in [1.54, 1.807) is 23.2 Å². The number of hydrogen-bond acceptors (Lipinski definition) is 5. The third-order valence-corrected chi connectivity index (χ3v) is 2.99. The Balaban J connectivity index is 2.05. The number of pyridine rings is 1. The monoisotopic (exact) mass is 274 g/mol. The van der Waals surface area contributed by atoms with Gasteiger partial charge in [-0.05, 0) is 26.0 Å². The predicted octanol–water partition coefficient (Wildman–Crippen LogP) is 2.16. The van der Waals surface area contributed by atoms with Gasteiger partial charge in [-0.15, -0.1) is 0 Å². The van der Waals surface area contributed by atoms with Crippen LogP contribution in [0.4, 0.5) is 5.69 Å². The Morgan fingerprint density at radius 1 is 1.35 bits per heavy atom. The fourth-order valence-electron chi connectivity index (χ4n) is 1.85. The molecule has 0 saturated carbocycles. The van der Waals surface area contributed by atoms with Crippen molar-refractivity contribution in [3.8, 4) is 0 Å². The number of amides is 1. The van der Waals surface area contributed by atoms with Gasteiger partial charge >= 0.3 is 0 Å². The van der Waals surface area contributed by atoms with Crippen molar-refractivity contribution in [3.05, 3.63) is 42.0 Å². The van der Waals surface area contributed by atoms with Crippen molar-refractivity contribution < 1.29 is 9.32 Å². The minimum absolute atomic E-state index is 0.0555. The van der Waals surface area contributed by atoms with Gasteiger partial charge in [0.05, 0.1) is 6.54 Å². The number of nitrogens with zero attached hydrogens (tertiary/aromatic N) is 3. The molecule has 2 aromatic heterocycles. The predicted molar refractivity (Wildman–Crippen MR) is 75.3 cm³/mol. The minimum Gasteiger partial charge on any atom is -0.379 e. The first-order valence-corrected chi connectivity index (χ1v) is 6.63. The number of hydrogen-bond donors (Lipinski definition) is 1. The summed E-state index contributed by atoms with van der Waals surface area (Å²) in [6.07, 6.45) is 3.15. The third kappa shape index (κ3) is 3.34. The second-order valence-corrected chi connectivity index (χ2v) is 4.25. The molecule has 0 atom stereocenters. The van der Waals surface area contributed by atoms with Gasteiger partial charge in [-0.2, -0.15) is 0 Å². The van der Waals surface area contributed by atoms with Crippen LogP contribution in [0.2, 0.25) is 0 Å².